The van der Waals surface area contributed by atoms with Gasteiger partial charge >= 0.3 is 5.97 Å². The molecule has 0 fully saturated rings. The Balaban J connectivity index is 2.31. The van der Waals surface area contributed by atoms with Crippen LogP contribution in [0, 0.1) is 5.92 Å². The highest BCUT2D eigenvalue weighted by Crippen LogP contribution is 2.51. The van der Waals surface area contributed by atoms with Gasteiger partial charge in [0, 0.05) is 23.1 Å². The molecule has 0 saturated carbocycles. The van der Waals surface area contributed by atoms with Crippen molar-refractivity contribution in [3.63, 3.8) is 0 Å². The summed E-state index contributed by atoms with van der Waals surface area (Å²) >= 11 is 0. The standard InChI is InChI=1S/C23H26O8/c1-7-31-23(25)20-18(12-8-16(28-4)22(30-6)17(9-12)29-5)19-14(21(20)24)10-13(26-2)11-15(19)27-3/h8-11,18,20H,7H2,1-6H3/t18-,20+/m1/s1. The third-order valence-corrected chi connectivity index (χ3v) is 5.35. The molecule has 1 aliphatic carbocycles. The van der Waals surface area contributed by atoms with E-state index in [0.29, 0.717) is 45.4 Å². The molecule has 8 nitrogen and oxygen atoms in total. The second-order valence-electron chi connectivity index (χ2n) is 6.82. The quantitative estimate of drug-likeness (QED) is 0.466. The summed E-state index contributed by atoms with van der Waals surface area (Å²) in [5.74, 6) is -0.596. The van der Waals surface area contributed by atoms with Gasteiger partial charge in [0.05, 0.1) is 42.2 Å². The van der Waals surface area contributed by atoms with Crippen LogP contribution in [0.4, 0.5) is 0 Å². The summed E-state index contributed by atoms with van der Waals surface area (Å²) in [5, 5.41) is 0. The van der Waals surface area contributed by atoms with Gasteiger partial charge in [-0.3, -0.25) is 9.59 Å². The number of ketones is 1. The van der Waals surface area contributed by atoms with Gasteiger partial charge in [0.1, 0.15) is 17.4 Å². The largest absolute Gasteiger partial charge is 0.497 e. The molecular formula is C23H26O8. The summed E-state index contributed by atoms with van der Waals surface area (Å²) in [6.45, 7) is 1.85. The fourth-order valence-electron chi connectivity index (χ4n) is 4.01. The Kier molecular flexibility index (Phi) is 6.58. The van der Waals surface area contributed by atoms with Gasteiger partial charge in [-0.05, 0) is 30.7 Å². The molecule has 3 rings (SSSR count). The van der Waals surface area contributed by atoms with Crippen LogP contribution in [0.5, 0.6) is 28.7 Å². The summed E-state index contributed by atoms with van der Waals surface area (Å²) in [5.41, 5.74) is 1.57. The van der Waals surface area contributed by atoms with E-state index in [-0.39, 0.29) is 12.4 Å². The van der Waals surface area contributed by atoms with Crippen molar-refractivity contribution in [1.29, 1.82) is 0 Å². The lowest BCUT2D eigenvalue weighted by Gasteiger charge is -2.22. The van der Waals surface area contributed by atoms with Gasteiger partial charge in [-0.2, -0.15) is 0 Å². The molecule has 0 N–H and O–H groups in total. The van der Waals surface area contributed by atoms with Gasteiger partial charge in [0.15, 0.2) is 17.3 Å². The van der Waals surface area contributed by atoms with Crippen molar-refractivity contribution in [2.24, 2.45) is 5.92 Å². The third kappa shape index (κ3) is 3.73. The second-order valence-corrected chi connectivity index (χ2v) is 6.82. The molecule has 166 valence electrons. The molecule has 0 aliphatic heterocycles. The van der Waals surface area contributed by atoms with E-state index in [9.17, 15) is 9.59 Å². The second kappa shape index (κ2) is 9.16. The maximum atomic E-state index is 13.4. The first kappa shape index (κ1) is 22.3. The average molecular weight is 430 g/mol. The van der Waals surface area contributed by atoms with Crippen LogP contribution >= 0.6 is 0 Å². The van der Waals surface area contributed by atoms with E-state index in [1.807, 2.05) is 0 Å². The Labute approximate surface area is 181 Å². The number of carbonyl (C=O) groups is 2. The molecule has 0 spiro atoms. The SMILES string of the molecule is CCOC(=O)[C@@H]1C(=O)c2cc(OC)cc(OC)c2[C@H]1c1cc(OC)c(OC)c(OC)c1. The minimum atomic E-state index is -1.08. The molecule has 2 atom stereocenters. The van der Waals surface area contributed by atoms with Gasteiger partial charge < -0.3 is 28.4 Å². The van der Waals surface area contributed by atoms with Crippen molar-refractivity contribution in [2.45, 2.75) is 12.8 Å². The zero-order chi connectivity index (χ0) is 22.7. The zero-order valence-corrected chi connectivity index (χ0v) is 18.4. The lowest BCUT2D eigenvalue weighted by Crippen LogP contribution is -2.27. The first-order chi connectivity index (χ1) is 14.9. The summed E-state index contributed by atoms with van der Waals surface area (Å²) in [6.07, 6.45) is 0. The topological polar surface area (TPSA) is 89.5 Å². The van der Waals surface area contributed by atoms with Gasteiger partial charge in [0.2, 0.25) is 5.75 Å². The molecular weight excluding hydrogens is 404 g/mol. The maximum absolute atomic E-state index is 13.4. The minimum Gasteiger partial charge on any atom is -0.497 e. The summed E-state index contributed by atoms with van der Waals surface area (Å²) < 4.78 is 32.5. The maximum Gasteiger partial charge on any atom is 0.317 e. The Bertz CT molecular complexity index is 972. The number of hydrogen-bond acceptors (Lipinski definition) is 8. The molecule has 0 heterocycles. The number of benzene rings is 2. The number of fused-ring (bicyclic) bond motifs is 1. The number of rotatable bonds is 8. The van der Waals surface area contributed by atoms with Crippen LogP contribution in [-0.4, -0.2) is 53.9 Å². The lowest BCUT2D eigenvalue weighted by molar-refractivity contribution is -0.146. The number of Topliss-reactive ketones (excluding diaryl/α,β-unsaturated/α-hetero) is 1. The van der Waals surface area contributed by atoms with Crippen molar-refractivity contribution in [3.05, 3.63) is 41.0 Å². The fraction of sp³-hybridized carbons (Fsp3) is 0.391. The Morgan fingerprint density at radius 1 is 0.839 bits per heavy atom. The fourth-order valence-corrected chi connectivity index (χ4v) is 4.01. The zero-order valence-electron chi connectivity index (χ0n) is 18.4. The van der Waals surface area contributed by atoms with E-state index >= 15 is 0 Å². The first-order valence-electron chi connectivity index (χ1n) is 9.72. The molecule has 0 radical (unpaired) electrons. The van der Waals surface area contributed by atoms with Crippen molar-refractivity contribution in [1.82, 2.24) is 0 Å². The molecule has 0 saturated heterocycles. The van der Waals surface area contributed by atoms with Crippen LogP contribution in [-0.2, 0) is 9.53 Å². The summed E-state index contributed by atoms with van der Waals surface area (Å²) in [4.78, 5) is 26.3. The van der Waals surface area contributed by atoms with Crippen LogP contribution in [0.25, 0.3) is 0 Å². The predicted octanol–water partition coefficient (Wildman–Crippen LogP) is 3.24. The van der Waals surface area contributed by atoms with Crippen LogP contribution in [0.1, 0.15) is 34.3 Å². The van der Waals surface area contributed by atoms with Crippen LogP contribution < -0.4 is 23.7 Å². The van der Waals surface area contributed by atoms with E-state index in [1.54, 1.807) is 31.2 Å². The first-order valence-corrected chi connectivity index (χ1v) is 9.72. The van der Waals surface area contributed by atoms with E-state index in [4.69, 9.17) is 28.4 Å². The monoisotopic (exact) mass is 430 g/mol. The number of ether oxygens (including phenoxy) is 6. The molecule has 0 aromatic heterocycles. The summed E-state index contributed by atoms with van der Waals surface area (Å²) in [7, 11) is 7.51. The van der Waals surface area contributed by atoms with E-state index < -0.39 is 17.8 Å². The van der Waals surface area contributed by atoms with Crippen molar-refractivity contribution in [2.75, 3.05) is 42.2 Å². The van der Waals surface area contributed by atoms with Crippen molar-refractivity contribution < 1.29 is 38.0 Å². The summed E-state index contributed by atoms with van der Waals surface area (Å²) in [6, 6.07) is 6.75. The highest BCUT2D eigenvalue weighted by Gasteiger charge is 2.48. The third-order valence-electron chi connectivity index (χ3n) is 5.35. The smallest absolute Gasteiger partial charge is 0.317 e. The molecule has 0 unspecified atom stereocenters. The van der Waals surface area contributed by atoms with E-state index in [0.717, 1.165) is 0 Å². The number of hydrogen-bond donors (Lipinski definition) is 0. The van der Waals surface area contributed by atoms with Crippen molar-refractivity contribution in [3.8, 4) is 28.7 Å². The van der Waals surface area contributed by atoms with E-state index in [1.165, 1.54) is 35.5 Å². The normalized spacial score (nSPS) is 17.0. The molecule has 0 bridgehead atoms. The number of methoxy groups -OCH3 is 5. The molecule has 1 aliphatic rings. The molecule has 31 heavy (non-hydrogen) atoms. The van der Waals surface area contributed by atoms with Gasteiger partial charge in [-0.15, -0.1) is 0 Å². The lowest BCUT2D eigenvalue weighted by atomic mass is 9.84. The Hall–Kier alpha value is -3.42. The molecule has 8 heteroatoms. The van der Waals surface area contributed by atoms with Gasteiger partial charge in [-0.1, -0.05) is 0 Å². The minimum absolute atomic E-state index is 0.154. The average Bonchev–Trinajstić information content (AvgIpc) is 3.09. The highest BCUT2D eigenvalue weighted by molar-refractivity contribution is 6.14. The predicted molar refractivity (Wildman–Crippen MR) is 112 cm³/mol. The molecule has 0 amide bonds. The van der Waals surface area contributed by atoms with E-state index in [2.05, 4.69) is 0 Å². The van der Waals surface area contributed by atoms with Crippen LogP contribution in [0.2, 0.25) is 0 Å². The van der Waals surface area contributed by atoms with Crippen molar-refractivity contribution >= 4 is 11.8 Å². The number of esters is 1. The van der Waals surface area contributed by atoms with Crippen LogP contribution in [0.15, 0.2) is 24.3 Å². The Morgan fingerprint density at radius 3 is 1.94 bits per heavy atom. The highest BCUT2D eigenvalue weighted by atomic mass is 16.5. The molecule has 2 aromatic carbocycles. The van der Waals surface area contributed by atoms with Gasteiger partial charge in [0.25, 0.3) is 0 Å². The number of carbonyl (C=O) groups excluding carboxylic acids is 2. The Morgan fingerprint density at radius 2 is 1.45 bits per heavy atom. The van der Waals surface area contributed by atoms with Crippen LogP contribution in [0.3, 0.4) is 0 Å². The molecule has 2 aromatic rings. The van der Waals surface area contributed by atoms with Gasteiger partial charge in [-0.25, -0.2) is 0 Å².